The van der Waals surface area contributed by atoms with Gasteiger partial charge in [0.1, 0.15) is 23.9 Å². The molecule has 0 saturated heterocycles. The molecule has 128 valence electrons. The van der Waals surface area contributed by atoms with Crippen LogP contribution in [0, 0.1) is 12.7 Å². The van der Waals surface area contributed by atoms with Gasteiger partial charge >= 0.3 is 0 Å². The third-order valence-corrected chi connectivity index (χ3v) is 4.88. The molecule has 2 nitrogen and oxygen atoms in total. The van der Waals surface area contributed by atoms with Crippen molar-refractivity contribution >= 4 is 11.8 Å². The number of rotatable bonds is 6. The van der Waals surface area contributed by atoms with Crippen LogP contribution in [0.5, 0.6) is 11.5 Å². The molecule has 0 aliphatic heterocycles. The Kier molecular flexibility index (Phi) is 5.61. The van der Waals surface area contributed by atoms with Crippen molar-refractivity contribution in [3.8, 4) is 11.5 Å². The topological polar surface area (TPSA) is 29.5 Å². The van der Waals surface area contributed by atoms with E-state index in [-0.39, 0.29) is 5.82 Å². The highest BCUT2D eigenvalue weighted by atomic mass is 32.2. The number of hydrogen-bond donors (Lipinski definition) is 1. The molecule has 0 atom stereocenters. The summed E-state index contributed by atoms with van der Waals surface area (Å²) in [5.41, 5.74) is 3.02. The molecule has 0 saturated carbocycles. The second-order valence-electron chi connectivity index (χ2n) is 5.80. The number of aromatic hydroxyl groups is 1. The molecule has 0 aliphatic rings. The maximum Gasteiger partial charge on any atom is 0.123 e. The molecule has 0 aromatic heterocycles. The second kappa shape index (κ2) is 8.08. The number of ether oxygens (including phenoxy) is 1. The molecule has 0 heterocycles. The summed E-state index contributed by atoms with van der Waals surface area (Å²) in [5, 5.41) is 9.56. The molecule has 0 aliphatic carbocycles. The zero-order chi connectivity index (χ0) is 17.6. The van der Waals surface area contributed by atoms with Gasteiger partial charge < -0.3 is 9.84 Å². The van der Waals surface area contributed by atoms with Crippen LogP contribution in [0.3, 0.4) is 0 Å². The van der Waals surface area contributed by atoms with Gasteiger partial charge in [-0.05, 0) is 66.1 Å². The van der Waals surface area contributed by atoms with Crippen molar-refractivity contribution in [1.29, 1.82) is 0 Å². The van der Waals surface area contributed by atoms with Crippen LogP contribution in [-0.4, -0.2) is 5.11 Å². The van der Waals surface area contributed by atoms with E-state index in [2.05, 4.69) is 0 Å². The first kappa shape index (κ1) is 17.4. The van der Waals surface area contributed by atoms with Gasteiger partial charge in [-0.1, -0.05) is 24.3 Å². The van der Waals surface area contributed by atoms with Gasteiger partial charge in [0.15, 0.2) is 0 Å². The predicted molar refractivity (Wildman–Crippen MR) is 99.6 cm³/mol. The first-order valence-corrected chi connectivity index (χ1v) is 8.97. The standard InChI is InChI=1S/C21H19FO2S/c1-15-12-20(10-11-21(15)23)25-14-17-4-8-19(9-5-17)24-13-16-2-6-18(22)7-3-16/h2-12,23H,13-14H2,1H3. The molecular weight excluding hydrogens is 335 g/mol. The van der Waals surface area contributed by atoms with Crippen LogP contribution >= 0.6 is 11.8 Å². The van der Waals surface area contributed by atoms with E-state index in [9.17, 15) is 9.50 Å². The van der Waals surface area contributed by atoms with Crippen LogP contribution in [0.4, 0.5) is 4.39 Å². The van der Waals surface area contributed by atoms with Gasteiger partial charge in [0, 0.05) is 10.6 Å². The normalized spacial score (nSPS) is 10.6. The van der Waals surface area contributed by atoms with E-state index in [1.165, 1.54) is 17.7 Å². The third-order valence-electron chi connectivity index (χ3n) is 3.82. The number of benzene rings is 3. The van der Waals surface area contributed by atoms with Gasteiger partial charge in [0.25, 0.3) is 0 Å². The highest BCUT2D eigenvalue weighted by Gasteiger charge is 2.02. The number of thioether (sulfide) groups is 1. The smallest absolute Gasteiger partial charge is 0.123 e. The summed E-state index contributed by atoms with van der Waals surface area (Å²) in [6.45, 7) is 2.31. The molecule has 0 unspecified atom stereocenters. The maximum atomic E-state index is 12.9. The fourth-order valence-corrected chi connectivity index (χ4v) is 3.26. The molecule has 4 heteroatoms. The lowest BCUT2D eigenvalue weighted by Crippen LogP contribution is -1.95. The summed E-state index contributed by atoms with van der Waals surface area (Å²) >= 11 is 1.73. The number of phenols is 1. The minimum absolute atomic E-state index is 0.241. The summed E-state index contributed by atoms with van der Waals surface area (Å²) in [6, 6.07) is 19.9. The summed E-state index contributed by atoms with van der Waals surface area (Å²) in [7, 11) is 0. The monoisotopic (exact) mass is 354 g/mol. The van der Waals surface area contributed by atoms with Gasteiger partial charge in [0.05, 0.1) is 0 Å². The Bertz CT molecular complexity index is 830. The van der Waals surface area contributed by atoms with E-state index in [4.69, 9.17) is 4.74 Å². The van der Waals surface area contributed by atoms with Gasteiger partial charge in [0.2, 0.25) is 0 Å². The van der Waals surface area contributed by atoms with E-state index in [1.54, 1.807) is 30.0 Å². The van der Waals surface area contributed by atoms with Gasteiger partial charge in [-0.25, -0.2) is 4.39 Å². The Balaban J connectivity index is 1.53. The number of phenolic OH excluding ortho intramolecular Hbond substituents is 1. The number of aryl methyl sites for hydroxylation is 1. The van der Waals surface area contributed by atoms with E-state index >= 15 is 0 Å². The number of hydrogen-bond acceptors (Lipinski definition) is 3. The second-order valence-corrected chi connectivity index (χ2v) is 6.84. The van der Waals surface area contributed by atoms with Crippen LogP contribution in [0.25, 0.3) is 0 Å². The Morgan fingerprint density at radius 2 is 1.60 bits per heavy atom. The fourth-order valence-electron chi connectivity index (χ4n) is 2.31. The van der Waals surface area contributed by atoms with Crippen molar-refractivity contribution in [2.75, 3.05) is 0 Å². The molecule has 0 fully saturated rings. The van der Waals surface area contributed by atoms with E-state index in [1.807, 2.05) is 43.3 Å². The Morgan fingerprint density at radius 3 is 2.28 bits per heavy atom. The fraction of sp³-hybridized carbons (Fsp3) is 0.143. The molecule has 1 N–H and O–H groups in total. The molecular formula is C21H19FO2S. The summed E-state index contributed by atoms with van der Waals surface area (Å²) in [5.74, 6) is 1.72. The average Bonchev–Trinajstić information content (AvgIpc) is 2.63. The minimum atomic E-state index is -0.241. The predicted octanol–water partition coefficient (Wildman–Crippen LogP) is 5.71. The Morgan fingerprint density at radius 1 is 0.920 bits per heavy atom. The van der Waals surface area contributed by atoms with Gasteiger partial charge in [-0.15, -0.1) is 11.8 Å². The molecule has 3 aromatic rings. The van der Waals surface area contributed by atoms with Crippen LogP contribution in [0.15, 0.2) is 71.6 Å². The molecule has 25 heavy (non-hydrogen) atoms. The van der Waals surface area contributed by atoms with Crippen LogP contribution in [-0.2, 0) is 12.4 Å². The minimum Gasteiger partial charge on any atom is -0.508 e. The molecule has 0 amide bonds. The van der Waals surface area contributed by atoms with Crippen molar-refractivity contribution in [2.24, 2.45) is 0 Å². The van der Waals surface area contributed by atoms with E-state index < -0.39 is 0 Å². The molecule has 0 spiro atoms. The van der Waals surface area contributed by atoms with Gasteiger partial charge in [-0.2, -0.15) is 0 Å². The summed E-state index contributed by atoms with van der Waals surface area (Å²) in [4.78, 5) is 1.13. The van der Waals surface area contributed by atoms with E-state index in [0.717, 1.165) is 27.5 Å². The molecule has 0 radical (unpaired) electrons. The van der Waals surface area contributed by atoms with Crippen molar-refractivity contribution in [3.05, 3.63) is 89.2 Å². The molecule has 3 aromatic carbocycles. The zero-order valence-corrected chi connectivity index (χ0v) is 14.7. The van der Waals surface area contributed by atoms with Crippen LogP contribution in [0.1, 0.15) is 16.7 Å². The van der Waals surface area contributed by atoms with Crippen molar-refractivity contribution in [3.63, 3.8) is 0 Å². The lowest BCUT2D eigenvalue weighted by Gasteiger charge is -2.08. The largest absolute Gasteiger partial charge is 0.508 e. The maximum absolute atomic E-state index is 12.9. The van der Waals surface area contributed by atoms with Crippen LogP contribution < -0.4 is 4.74 Å². The lowest BCUT2D eigenvalue weighted by atomic mass is 10.2. The van der Waals surface area contributed by atoms with Gasteiger partial charge in [-0.3, -0.25) is 0 Å². The van der Waals surface area contributed by atoms with Crippen LogP contribution in [0.2, 0.25) is 0 Å². The average molecular weight is 354 g/mol. The Labute approximate surface area is 151 Å². The number of halogens is 1. The molecule has 0 bridgehead atoms. The first-order chi connectivity index (χ1) is 12.1. The Hall–Kier alpha value is -2.46. The van der Waals surface area contributed by atoms with Crippen molar-refractivity contribution in [1.82, 2.24) is 0 Å². The SMILES string of the molecule is Cc1cc(SCc2ccc(OCc3ccc(F)cc3)cc2)ccc1O. The third kappa shape index (κ3) is 5.00. The van der Waals surface area contributed by atoms with Crippen molar-refractivity contribution in [2.45, 2.75) is 24.2 Å². The quantitative estimate of drug-likeness (QED) is 0.575. The zero-order valence-electron chi connectivity index (χ0n) is 13.9. The summed E-state index contributed by atoms with van der Waals surface area (Å²) < 4.78 is 18.6. The molecule has 3 rings (SSSR count). The highest BCUT2D eigenvalue weighted by Crippen LogP contribution is 2.27. The van der Waals surface area contributed by atoms with Crippen molar-refractivity contribution < 1.29 is 14.2 Å². The first-order valence-electron chi connectivity index (χ1n) is 7.99. The van der Waals surface area contributed by atoms with E-state index in [0.29, 0.717) is 12.4 Å². The summed E-state index contributed by atoms with van der Waals surface area (Å²) in [6.07, 6.45) is 0. The lowest BCUT2D eigenvalue weighted by molar-refractivity contribution is 0.306. The highest BCUT2D eigenvalue weighted by molar-refractivity contribution is 7.98.